The van der Waals surface area contributed by atoms with Crippen molar-refractivity contribution in [1.82, 2.24) is 4.98 Å². The van der Waals surface area contributed by atoms with Gasteiger partial charge in [-0.05, 0) is 48.0 Å². The SMILES string of the molecule is COc1ccc(C(=O)/C=c2/[nH]c(=O)/c(=C/c3ccc(NC(C)=O)cc3)s2)cc1. The third-order valence-corrected chi connectivity index (χ3v) is 4.81. The average Bonchev–Trinajstić information content (AvgIpc) is 3.01. The molecule has 2 N–H and O–H groups in total. The third kappa shape index (κ3) is 4.83. The number of benzene rings is 2. The lowest BCUT2D eigenvalue weighted by Gasteiger charge is -2.01. The van der Waals surface area contributed by atoms with Gasteiger partial charge in [-0.25, -0.2) is 0 Å². The molecule has 0 saturated heterocycles. The second-order valence-corrected chi connectivity index (χ2v) is 7.05. The molecule has 3 aromatic rings. The van der Waals surface area contributed by atoms with Crippen LogP contribution in [0.5, 0.6) is 5.75 Å². The number of ketones is 1. The summed E-state index contributed by atoms with van der Waals surface area (Å²) in [4.78, 5) is 38.3. The number of Topliss-reactive ketones (excluding diaryl/α,β-unsaturated/α-hetero) is 1. The van der Waals surface area contributed by atoms with E-state index in [0.29, 0.717) is 26.2 Å². The van der Waals surface area contributed by atoms with Crippen molar-refractivity contribution in [3.8, 4) is 5.75 Å². The van der Waals surface area contributed by atoms with Crippen LogP contribution in [-0.2, 0) is 4.79 Å². The molecule has 28 heavy (non-hydrogen) atoms. The Labute approximate surface area is 164 Å². The van der Waals surface area contributed by atoms with Crippen molar-refractivity contribution in [2.75, 3.05) is 12.4 Å². The van der Waals surface area contributed by atoms with Crippen molar-refractivity contribution < 1.29 is 14.3 Å². The van der Waals surface area contributed by atoms with Crippen LogP contribution < -0.4 is 24.8 Å². The number of methoxy groups -OCH3 is 1. The molecule has 0 fully saturated rings. The maximum Gasteiger partial charge on any atom is 0.266 e. The van der Waals surface area contributed by atoms with Crippen LogP contribution in [0.2, 0.25) is 0 Å². The van der Waals surface area contributed by atoms with Crippen LogP contribution in [0, 0.1) is 0 Å². The number of carbonyl (C=O) groups is 2. The molecule has 0 saturated carbocycles. The number of carbonyl (C=O) groups excluding carboxylic acids is 2. The summed E-state index contributed by atoms with van der Waals surface area (Å²) < 4.78 is 6.04. The van der Waals surface area contributed by atoms with E-state index in [1.165, 1.54) is 24.3 Å². The van der Waals surface area contributed by atoms with E-state index in [9.17, 15) is 14.4 Å². The zero-order chi connectivity index (χ0) is 20.1. The molecule has 6 nitrogen and oxygen atoms in total. The minimum absolute atomic E-state index is 0.145. The van der Waals surface area contributed by atoms with E-state index in [2.05, 4.69) is 10.3 Å². The Bertz CT molecular complexity index is 1170. The van der Waals surface area contributed by atoms with Crippen molar-refractivity contribution in [2.45, 2.75) is 6.92 Å². The van der Waals surface area contributed by atoms with Gasteiger partial charge in [-0.1, -0.05) is 12.1 Å². The van der Waals surface area contributed by atoms with E-state index in [4.69, 9.17) is 4.74 Å². The largest absolute Gasteiger partial charge is 0.497 e. The number of hydrogen-bond acceptors (Lipinski definition) is 5. The summed E-state index contributed by atoms with van der Waals surface area (Å²) in [7, 11) is 1.56. The van der Waals surface area contributed by atoms with Crippen LogP contribution in [0.1, 0.15) is 22.8 Å². The highest BCUT2D eigenvalue weighted by Crippen LogP contribution is 2.12. The fraction of sp³-hybridized carbons (Fsp3) is 0.0952. The van der Waals surface area contributed by atoms with Crippen LogP contribution in [0.4, 0.5) is 5.69 Å². The number of thiazole rings is 1. The molecule has 0 unspecified atom stereocenters. The van der Waals surface area contributed by atoms with Crippen LogP contribution in [0.3, 0.4) is 0 Å². The highest BCUT2D eigenvalue weighted by atomic mass is 32.1. The lowest BCUT2D eigenvalue weighted by Crippen LogP contribution is -2.20. The number of nitrogens with one attached hydrogen (secondary N) is 2. The summed E-state index contributed by atoms with van der Waals surface area (Å²) >= 11 is 1.21. The van der Waals surface area contributed by atoms with Gasteiger partial charge in [-0.15, -0.1) is 11.3 Å². The van der Waals surface area contributed by atoms with Gasteiger partial charge in [0.2, 0.25) is 5.91 Å². The average molecular weight is 394 g/mol. The van der Waals surface area contributed by atoms with E-state index in [-0.39, 0.29) is 17.2 Å². The quantitative estimate of drug-likeness (QED) is 0.647. The molecule has 0 spiro atoms. The minimum Gasteiger partial charge on any atom is -0.497 e. The Kier molecular flexibility index (Phi) is 5.86. The third-order valence-electron chi connectivity index (χ3n) is 3.85. The second-order valence-electron chi connectivity index (χ2n) is 5.97. The number of rotatable bonds is 5. The molecule has 7 heteroatoms. The molecular weight excluding hydrogens is 376 g/mol. The molecule has 2 aromatic carbocycles. The van der Waals surface area contributed by atoms with Gasteiger partial charge in [0.1, 0.15) is 5.75 Å². The zero-order valence-corrected chi connectivity index (χ0v) is 16.1. The molecule has 1 aromatic heterocycles. The first kappa shape index (κ1) is 19.3. The molecule has 0 atom stereocenters. The summed E-state index contributed by atoms with van der Waals surface area (Å²) in [5, 5.41) is 2.69. The predicted octanol–water partition coefficient (Wildman–Crippen LogP) is 1.90. The predicted molar refractivity (Wildman–Crippen MR) is 110 cm³/mol. The lowest BCUT2D eigenvalue weighted by molar-refractivity contribution is -0.114. The molecule has 3 rings (SSSR count). The standard InChI is InChI=1S/C21H18N2O4S/c1-13(24)22-16-7-3-14(4-8-16)11-19-21(26)23-20(28-19)12-18(25)15-5-9-17(27-2)10-6-15/h3-12H,1-2H3,(H,22,24)(H,23,26)/b19-11-,20-12-. The van der Waals surface area contributed by atoms with Crippen LogP contribution in [0.25, 0.3) is 12.2 Å². The highest BCUT2D eigenvalue weighted by Gasteiger charge is 2.04. The van der Waals surface area contributed by atoms with Crippen molar-refractivity contribution in [1.29, 1.82) is 0 Å². The normalized spacial score (nSPS) is 12.1. The van der Waals surface area contributed by atoms with Crippen LogP contribution in [-0.4, -0.2) is 23.8 Å². The first-order chi connectivity index (χ1) is 13.4. The Morgan fingerprint density at radius 3 is 2.36 bits per heavy atom. The number of ether oxygens (including phenoxy) is 1. The van der Waals surface area contributed by atoms with Gasteiger partial charge >= 0.3 is 0 Å². The summed E-state index contributed by atoms with van der Waals surface area (Å²) in [6.45, 7) is 1.44. The van der Waals surface area contributed by atoms with E-state index < -0.39 is 0 Å². The van der Waals surface area contributed by atoms with Crippen molar-refractivity contribution in [3.63, 3.8) is 0 Å². The second kappa shape index (κ2) is 8.49. The maximum atomic E-state index is 12.4. The van der Waals surface area contributed by atoms with Gasteiger partial charge in [0.05, 0.1) is 16.3 Å². The first-order valence-electron chi connectivity index (χ1n) is 8.43. The van der Waals surface area contributed by atoms with E-state index in [1.807, 2.05) is 0 Å². The molecule has 142 valence electrons. The lowest BCUT2D eigenvalue weighted by atomic mass is 10.1. The Morgan fingerprint density at radius 1 is 1.07 bits per heavy atom. The smallest absolute Gasteiger partial charge is 0.266 e. The van der Waals surface area contributed by atoms with Gasteiger partial charge < -0.3 is 15.0 Å². The summed E-state index contributed by atoms with van der Waals surface area (Å²) in [5.41, 5.74) is 1.75. The molecule has 0 radical (unpaired) electrons. The minimum atomic E-state index is -0.260. The molecule has 1 amide bonds. The van der Waals surface area contributed by atoms with E-state index >= 15 is 0 Å². The number of hydrogen-bond donors (Lipinski definition) is 2. The molecular formula is C21H18N2O4S. The fourth-order valence-electron chi connectivity index (χ4n) is 2.50. The maximum absolute atomic E-state index is 12.4. The first-order valence-corrected chi connectivity index (χ1v) is 9.25. The Morgan fingerprint density at radius 2 is 1.75 bits per heavy atom. The van der Waals surface area contributed by atoms with Gasteiger partial charge in [0, 0.05) is 24.3 Å². The molecule has 0 aliphatic rings. The van der Waals surface area contributed by atoms with Crippen molar-refractivity contribution in [2.24, 2.45) is 0 Å². The number of amides is 1. The van der Waals surface area contributed by atoms with Crippen molar-refractivity contribution in [3.05, 3.63) is 79.2 Å². The van der Waals surface area contributed by atoms with Gasteiger partial charge in [0.25, 0.3) is 5.56 Å². The topological polar surface area (TPSA) is 88.3 Å². The summed E-state index contributed by atoms with van der Waals surface area (Å²) in [5.74, 6) is 0.321. The number of aromatic nitrogens is 1. The molecule has 0 aliphatic carbocycles. The molecule has 1 heterocycles. The van der Waals surface area contributed by atoms with Crippen molar-refractivity contribution >= 4 is 40.9 Å². The highest BCUT2D eigenvalue weighted by molar-refractivity contribution is 7.07. The fourth-order valence-corrected chi connectivity index (χ4v) is 3.38. The molecule has 0 aliphatic heterocycles. The summed E-state index contributed by atoms with van der Waals surface area (Å²) in [6, 6.07) is 13.9. The van der Waals surface area contributed by atoms with E-state index in [0.717, 1.165) is 5.56 Å². The monoisotopic (exact) mass is 394 g/mol. The van der Waals surface area contributed by atoms with Gasteiger partial charge in [0.15, 0.2) is 5.78 Å². The van der Waals surface area contributed by atoms with Crippen LogP contribution in [0.15, 0.2) is 53.3 Å². The van der Waals surface area contributed by atoms with E-state index in [1.54, 1.807) is 61.7 Å². The van der Waals surface area contributed by atoms with Crippen LogP contribution >= 0.6 is 11.3 Å². The summed E-state index contributed by atoms with van der Waals surface area (Å²) in [6.07, 6.45) is 3.14. The Balaban J connectivity index is 1.86. The molecule has 0 bridgehead atoms. The zero-order valence-electron chi connectivity index (χ0n) is 15.3. The number of anilines is 1. The van der Waals surface area contributed by atoms with Gasteiger partial charge in [-0.2, -0.15) is 0 Å². The number of H-pyrrole nitrogens is 1. The number of aromatic amines is 1. The Hall–Kier alpha value is -3.45. The van der Waals surface area contributed by atoms with Gasteiger partial charge in [-0.3, -0.25) is 14.4 Å².